The summed E-state index contributed by atoms with van der Waals surface area (Å²) in [5, 5.41) is 12.7. The summed E-state index contributed by atoms with van der Waals surface area (Å²) in [5.41, 5.74) is 2.07. The smallest absolute Gasteiger partial charge is 0.255 e. The van der Waals surface area contributed by atoms with Crippen LogP contribution in [0.1, 0.15) is 34.5 Å². The molecular weight excluding hydrogens is 282 g/mol. The Morgan fingerprint density at radius 2 is 1.95 bits per heavy atom. The van der Waals surface area contributed by atoms with Crippen molar-refractivity contribution in [3.8, 4) is 17.2 Å². The SMILES string of the molecule is Cc1ccc(C(=O)NC(C)c2ccc3c(c2)OCO3)c(O)c1. The van der Waals surface area contributed by atoms with E-state index in [0.29, 0.717) is 11.5 Å². The molecule has 0 spiro atoms. The first-order valence-electron chi connectivity index (χ1n) is 7.04. The molecule has 3 rings (SSSR count). The van der Waals surface area contributed by atoms with Crippen molar-refractivity contribution >= 4 is 5.91 Å². The van der Waals surface area contributed by atoms with Crippen molar-refractivity contribution in [2.75, 3.05) is 6.79 Å². The predicted octanol–water partition coefficient (Wildman–Crippen LogP) is 2.92. The molecule has 22 heavy (non-hydrogen) atoms. The highest BCUT2D eigenvalue weighted by molar-refractivity contribution is 5.97. The van der Waals surface area contributed by atoms with Gasteiger partial charge in [-0.15, -0.1) is 0 Å². The highest BCUT2D eigenvalue weighted by atomic mass is 16.7. The van der Waals surface area contributed by atoms with Crippen molar-refractivity contribution in [1.29, 1.82) is 0 Å². The molecule has 0 aliphatic carbocycles. The zero-order valence-electron chi connectivity index (χ0n) is 12.4. The Labute approximate surface area is 128 Å². The molecule has 1 aliphatic heterocycles. The monoisotopic (exact) mass is 299 g/mol. The third kappa shape index (κ3) is 2.70. The van der Waals surface area contributed by atoms with Crippen LogP contribution >= 0.6 is 0 Å². The van der Waals surface area contributed by atoms with Crippen molar-refractivity contribution in [1.82, 2.24) is 5.32 Å². The summed E-state index contributed by atoms with van der Waals surface area (Å²) in [7, 11) is 0. The summed E-state index contributed by atoms with van der Waals surface area (Å²) < 4.78 is 10.6. The molecule has 0 fully saturated rings. The van der Waals surface area contributed by atoms with Crippen molar-refractivity contribution < 1.29 is 19.4 Å². The van der Waals surface area contributed by atoms with Crippen LogP contribution in [-0.4, -0.2) is 17.8 Å². The number of amides is 1. The molecular formula is C17H17NO4. The normalized spacial score (nSPS) is 13.7. The molecule has 0 aromatic heterocycles. The fraction of sp³-hybridized carbons (Fsp3) is 0.235. The lowest BCUT2D eigenvalue weighted by molar-refractivity contribution is 0.0937. The number of hydrogen-bond acceptors (Lipinski definition) is 4. The van der Waals surface area contributed by atoms with Crippen molar-refractivity contribution in [3.05, 3.63) is 53.1 Å². The number of carbonyl (C=O) groups excluding carboxylic acids is 1. The van der Waals surface area contributed by atoms with Crippen LogP contribution in [0.25, 0.3) is 0 Å². The van der Waals surface area contributed by atoms with E-state index >= 15 is 0 Å². The topological polar surface area (TPSA) is 67.8 Å². The summed E-state index contributed by atoms with van der Waals surface area (Å²) in [6.45, 7) is 3.95. The molecule has 114 valence electrons. The summed E-state index contributed by atoms with van der Waals surface area (Å²) in [6.07, 6.45) is 0. The maximum atomic E-state index is 12.3. The lowest BCUT2D eigenvalue weighted by atomic mass is 10.1. The number of aromatic hydroxyl groups is 1. The lowest BCUT2D eigenvalue weighted by Gasteiger charge is -2.15. The highest BCUT2D eigenvalue weighted by Crippen LogP contribution is 2.34. The summed E-state index contributed by atoms with van der Waals surface area (Å²) in [6, 6.07) is 10.3. The molecule has 2 N–H and O–H groups in total. The second-order valence-electron chi connectivity index (χ2n) is 5.33. The molecule has 5 nitrogen and oxygen atoms in total. The number of ether oxygens (including phenoxy) is 2. The maximum Gasteiger partial charge on any atom is 0.255 e. The van der Waals surface area contributed by atoms with E-state index in [9.17, 15) is 9.90 Å². The van der Waals surface area contributed by atoms with Crippen LogP contribution in [0.15, 0.2) is 36.4 Å². The van der Waals surface area contributed by atoms with Crippen LogP contribution < -0.4 is 14.8 Å². The molecule has 0 saturated carbocycles. The first-order valence-corrected chi connectivity index (χ1v) is 7.04. The van der Waals surface area contributed by atoms with Crippen LogP contribution in [0.3, 0.4) is 0 Å². The summed E-state index contributed by atoms with van der Waals surface area (Å²) in [4.78, 5) is 12.3. The van der Waals surface area contributed by atoms with Crippen LogP contribution in [0.5, 0.6) is 17.2 Å². The molecule has 5 heteroatoms. The van der Waals surface area contributed by atoms with Gasteiger partial charge in [0.1, 0.15) is 5.75 Å². The number of carbonyl (C=O) groups is 1. The van der Waals surface area contributed by atoms with Gasteiger partial charge in [0.15, 0.2) is 11.5 Å². The predicted molar refractivity (Wildman–Crippen MR) is 81.3 cm³/mol. The number of nitrogens with one attached hydrogen (secondary N) is 1. The van der Waals surface area contributed by atoms with E-state index in [-0.39, 0.29) is 30.1 Å². The maximum absolute atomic E-state index is 12.3. The molecule has 1 amide bonds. The van der Waals surface area contributed by atoms with Gasteiger partial charge in [0, 0.05) is 0 Å². The largest absolute Gasteiger partial charge is 0.507 e. The summed E-state index contributed by atoms with van der Waals surface area (Å²) >= 11 is 0. The number of aryl methyl sites for hydroxylation is 1. The third-order valence-corrected chi connectivity index (χ3v) is 3.64. The highest BCUT2D eigenvalue weighted by Gasteiger charge is 2.18. The quantitative estimate of drug-likeness (QED) is 0.914. The average molecular weight is 299 g/mol. The van der Waals surface area contributed by atoms with Gasteiger partial charge < -0.3 is 19.9 Å². The number of benzene rings is 2. The Balaban J connectivity index is 1.76. The fourth-order valence-electron chi connectivity index (χ4n) is 2.37. The Kier molecular flexibility index (Phi) is 3.63. The number of phenols is 1. The van der Waals surface area contributed by atoms with E-state index in [2.05, 4.69) is 5.32 Å². The van der Waals surface area contributed by atoms with Crippen molar-refractivity contribution in [2.24, 2.45) is 0 Å². The van der Waals surface area contributed by atoms with Gasteiger partial charge in [-0.25, -0.2) is 0 Å². The molecule has 2 aromatic rings. The van der Waals surface area contributed by atoms with E-state index in [1.165, 1.54) is 0 Å². The van der Waals surface area contributed by atoms with E-state index in [0.717, 1.165) is 11.1 Å². The fourth-order valence-corrected chi connectivity index (χ4v) is 2.37. The Bertz CT molecular complexity index is 727. The van der Waals surface area contributed by atoms with Gasteiger partial charge in [0.25, 0.3) is 5.91 Å². The van der Waals surface area contributed by atoms with Gasteiger partial charge >= 0.3 is 0 Å². The zero-order chi connectivity index (χ0) is 15.7. The first kappa shape index (κ1) is 14.3. The molecule has 0 radical (unpaired) electrons. The van der Waals surface area contributed by atoms with E-state index in [1.807, 2.05) is 32.0 Å². The number of rotatable bonds is 3. The minimum absolute atomic E-state index is 0.0182. The van der Waals surface area contributed by atoms with Gasteiger partial charge in [-0.05, 0) is 49.2 Å². The van der Waals surface area contributed by atoms with E-state index < -0.39 is 0 Å². The van der Waals surface area contributed by atoms with Gasteiger partial charge in [0.05, 0.1) is 11.6 Å². The van der Waals surface area contributed by atoms with E-state index in [1.54, 1.807) is 18.2 Å². The standard InChI is InChI=1S/C17H17NO4/c1-10-3-5-13(14(19)7-10)17(20)18-11(2)12-4-6-15-16(8-12)22-9-21-15/h3-8,11,19H,9H2,1-2H3,(H,18,20). The molecule has 1 atom stereocenters. The second kappa shape index (κ2) is 5.60. The van der Waals surface area contributed by atoms with Gasteiger partial charge in [-0.3, -0.25) is 4.79 Å². The molecule has 1 unspecified atom stereocenters. The Hall–Kier alpha value is -2.69. The minimum Gasteiger partial charge on any atom is -0.507 e. The minimum atomic E-state index is -0.317. The van der Waals surface area contributed by atoms with Gasteiger partial charge in [0.2, 0.25) is 6.79 Å². The number of hydrogen-bond donors (Lipinski definition) is 2. The van der Waals surface area contributed by atoms with Gasteiger partial charge in [-0.2, -0.15) is 0 Å². The van der Waals surface area contributed by atoms with Crippen molar-refractivity contribution in [3.63, 3.8) is 0 Å². The number of fused-ring (bicyclic) bond motifs is 1. The van der Waals surface area contributed by atoms with Crippen LogP contribution in [0, 0.1) is 6.92 Å². The third-order valence-electron chi connectivity index (χ3n) is 3.64. The lowest BCUT2D eigenvalue weighted by Crippen LogP contribution is -2.26. The van der Waals surface area contributed by atoms with Crippen LogP contribution in [-0.2, 0) is 0 Å². The van der Waals surface area contributed by atoms with E-state index in [4.69, 9.17) is 9.47 Å². The first-order chi connectivity index (χ1) is 10.5. The molecule has 1 heterocycles. The van der Waals surface area contributed by atoms with Crippen LogP contribution in [0.2, 0.25) is 0 Å². The second-order valence-corrected chi connectivity index (χ2v) is 5.33. The molecule has 0 bridgehead atoms. The Morgan fingerprint density at radius 3 is 2.73 bits per heavy atom. The number of phenolic OH excluding ortho intramolecular Hbond substituents is 1. The Morgan fingerprint density at radius 1 is 1.18 bits per heavy atom. The van der Waals surface area contributed by atoms with Crippen LogP contribution in [0.4, 0.5) is 0 Å². The van der Waals surface area contributed by atoms with Crippen molar-refractivity contribution in [2.45, 2.75) is 19.9 Å². The zero-order valence-corrected chi connectivity index (χ0v) is 12.4. The summed E-state index contributed by atoms with van der Waals surface area (Å²) in [5.74, 6) is 1.05. The van der Waals surface area contributed by atoms with Gasteiger partial charge in [-0.1, -0.05) is 12.1 Å². The molecule has 2 aromatic carbocycles. The average Bonchev–Trinajstić information content (AvgIpc) is 2.94. The molecule has 0 saturated heterocycles. The molecule has 1 aliphatic rings.